The number of aromatic nitrogens is 3. The molecule has 136 valence electrons. The molecule has 1 heterocycles. The Kier molecular flexibility index (Phi) is 6.70. The molecule has 0 radical (unpaired) electrons. The van der Waals surface area contributed by atoms with Crippen LogP contribution in [0.5, 0.6) is 5.75 Å². The lowest BCUT2D eigenvalue weighted by Gasteiger charge is -2.10. The van der Waals surface area contributed by atoms with E-state index >= 15 is 0 Å². The van der Waals surface area contributed by atoms with Gasteiger partial charge < -0.3 is 9.30 Å². The molecule has 3 rings (SSSR count). The van der Waals surface area contributed by atoms with Crippen LogP contribution in [0.3, 0.4) is 0 Å². The van der Waals surface area contributed by atoms with Gasteiger partial charge in [0.05, 0.1) is 5.02 Å². The van der Waals surface area contributed by atoms with E-state index in [0.717, 1.165) is 23.1 Å². The molecule has 0 saturated carbocycles. The Morgan fingerprint density at radius 2 is 1.65 bits per heavy atom. The summed E-state index contributed by atoms with van der Waals surface area (Å²) >= 11 is 20.1. The molecule has 0 N–H and O–H groups in total. The van der Waals surface area contributed by atoms with E-state index in [1.807, 2.05) is 47.9 Å². The number of benzene rings is 2. The molecule has 0 aliphatic rings. The van der Waals surface area contributed by atoms with Crippen molar-refractivity contribution in [1.29, 1.82) is 0 Å². The van der Waals surface area contributed by atoms with E-state index in [0.29, 0.717) is 26.6 Å². The Balaban J connectivity index is 1.71. The Morgan fingerprint density at radius 1 is 0.962 bits per heavy atom. The highest BCUT2D eigenvalue weighted by atomic mass is 35.5. The lowest BCUT2D eigenvalue weighted by atomic mass is 10.2. The molecule has 0 saturated heterocycles. The van der Waals surface area contributed by atoms with Crippen molar-refractivity contribution < 1.29 is 4.74 Å². The van der Waals surface area contributed by atoms with Gasteiger partial charge in [-0.3, -0.25) is 0 Å². The number of hydrogen-bond donors (Lipinski definition) is 0. The summed E-state index contributed by atoms with van der Waals surface area (Å²) < 4.78 is 7.78. The van der Waals surface area contributed by atoms with Gasteiger partial charge in [-0.2, -0.15) is 0 Å². The van der Waals surface area contributed by atoms with Gasteiger partial charge >= 0.3 is 0 Å². The second-order valence-electron chi connectivity index (χ2n) is 5.35. The van der Waals surface area contributed by atoms with Crippen molar-refractivity contribution in [3.63, 3.8) is 0 Å². The fraction of sp³-hybridized carbons (Fsp3) is 0.222. The Labute approximate surface area is 171 Å². The summed E-state index contributed by atoms with van der Waals surface area (Å²) in [7, 11) is 0. The van der Waals surface area contributed by atoms with E-state index in [2.05, 4.69) is 10.2 Å². The van der Waals surface area contributed by atoms with E-state index in [9.17, 15) is 0 Å². The van der Waals surface area contributed by atoms with Crippen LogP contribution in [0, 0.1) is 0 Å². The van der Waals surface area contributed by atoms with Crippen molar-refractivity contribution in [2.75, 3.05) is 0 Å². The zero-order valence-corrected chi connectivity index (χ0v) is 17.0. The Morgan fingerprint density at radius 3 is 2.35 bits per heavy atom. The lowest BCUT2D eigenvalue weighted by molar-refractivity contribution is 0.288. The minimum Gasteiger partial charge on any atom is -0.484 e. The van der Waals surface area contributed by atoms with E-state index in [4.69, 9.17) is 39.5 Å². The van der Waals surface area contributed by atoms with Gasteiger partial charge in [-0.1, -0.05) is 64.8 Å². The second kappa shape index (κ2) is 9.00. The molecule has 0 amide bonds. The summed E-state index contributed by atoms with van der Waals surface area (Å²) in [6, 6.07) is 12.8. The Bertz CT molecular complexity index is 881. The molecule has 0 unspecified atom stereocenters. The van der Waals surface area contributed by atoms with Crippen molar-refractivity contribution >= 4 is 46.6 Å². The molecule has 1 aromatic heterocycles. The average Bonchev–Trinajstić information content (AvgIpc) is 3.02. The third kappa shape index (κ3) is 4.46. The molecule has 2 aromatic carbocycles. The van der Waals surface area contributed by atoms with Gasteiger partial charge in [-0.15, -0.1) is 10.2 Å². The summed E-state index contributed by atoms with van der Waals surface area (Å²) in [5.74, 6) is 1.97. The largest absolute Gasteiger partial charge is 0.484 e. The maximum absolute atomic E-state index is 6.23. The third-order valence-corrected chi connectivity index (χ3v) is 5.72. The van der Waals surface area contributed by atoms with Crippen molar-refractivity contribution in [2.24, 2.45) is 0 Å². The van der Waals surface area contributed by atoms with Gasteiger partial charge in [0.1, 0.15) is 12.4 Å². The fourth-order valence-corrected chi connectivity index (χ4v) is 4.31. The highest BCUT2D eigenvalue weighted by Gasteiger charge is 2.14. The van der Waals surface area contributed by atoms with Crippen LogP contribution in [0.1, 0.15) is 18.3 Å². The standard InChI is InChI=1S/C18H16Cl3N3OS/c1-2-24-17(10-25-16-9-4-3-6-15(16)21)22-23-18(24)26-11-12-13(19)7-5-8-14(12)20/h3-9H,2,10-11H2,1H3. The summed E-state index contributed by atoms with van der Waals surface area (Å²) in [6.45, 7) is 3.06. The van der Waals surface area contributed by atoms with Gasteiger partial charge in [-0.25, -0.2) is 0 Å². The van der Waals surface area contributed by atoms with Crippen LogP contribution in [-0.2, 0) is 18.9 Å². The monoisotopic (exact) mass is 427 g/mol. The van der Waals surface area contributed by atoms with Gasteiger partial charge in [0.2, 0.25) is 0 Å². The predicted molar refractivity (Wildman–Crippen MR) is 108 cm³/mol. The molecule has 4 nitrogen and oxygen atoms in total. The topological polar surface area (TPSA) is 39.9 Å². The molecule has 0 spiro atoms. The van der Waals surface area contributed by atoms with Crippen LogP contribution >= 0.6 is 46.6 Å². The number of para-hydroxylation sites is 1. The van der Waals surface area contributed by atoms with Crippen LogP contribution in [0.4, 0.5) is 0 Å². The molecule has 0 aliphatic heterocycles. The minimum absolute atomic E-state index is 0.290. The lowest BCUT2D eigenvalue weighted by Crippen LogP contribution is -2.07. The summed E-state index contributed by atoms with van der Waals surface area (Å²) in [6.07, 6.45) is 0. The molecule has 0 atom stereocenters. The first-order valence-electron chi connectivity index (χ1n) is 7.95. The smallest absolute Gasteiger partial charge is 0.191 e. The highest BCUT2D eigenvalue weighted by molar-refractivity contribution is 7.98. The predicted octanol–water partition coefficient (Wildman–Crippen LogP) is 6.13. The SMILES string of the molecule is CCn1c(COc2ccccc2Cl)nnc1SCc1c(Cl)cccc1Cl. The first kappa shape index (κ1) is 19.4. The average molecular weight is 429 g/mol. The van der Waals surface area contributed by atoms with E-state index in [1.54, 1.807) is 6.07 Å². The molecule has 3 aromatic rings. The fourth-order valence-electron chi connectivity index (χ4n) is 2.36. The number of nitrogens with zero attached hydrogens (tertiary/aromatic N) is 3. The molecule has 0 fully saturated rings. The third-order valence-electron chi connectivity index (χ3n) is 3.71. The quantitative estimate of drug-likeness (QED) is 0.424. The summed E-state index contributed by atoms with van der Waals surface area (Å²) in [5, 5.41) is 11.2. The molecule has 8 heteroatoms. The minimum atomic E-state index is 0.290. The van der Waals surface area contributed by atoms with Gasteiger partial charge in [-0.05, 0) is 36.8 Å². The van der Waals surface area contributed by atoms with E-state index in [1.165, 1.54) is 11.8 Å². The summed E-state index contributed by atoms with van der Waals surface area (Å²) in [5.41, 5.74) is 0.889. The van der Waals surface area contributed by atoms with Crippen molar-refractivity contribution in [3.05, 3.63) is 68.9 Å². The van der Waals surface area contributed by atoms with Crippen LogP contribution in [0.2, 0.25) is 15.1 Å². The number of ether oxygens (including phenoxy) is 1. The normalized spacial score (nSPS) is 10.9. The van der Waals surface area contributed by atoms with Crippen molar-refractivity contribution in [1.82, 2.24) is 14.8 Å². The van der Waals surface area contributed by atoms with Gasteiger partial charge in [0.25, 0.3) is 0 Å². The van der Waals surface area contributed by atoms with Crippen LogP contribution in [0.15, 0.2) is 47.6 Å². The van der Waals surface area contributed by atoms with Gasteiger partial charge in [0, 0.05) is 22.3 Å². The number of thioether (sulfide) groups is 1. The van der Waals surface area contributed by atoms with E-state index in [-0.39, 0.29) is 6.61 Å². The zero-order chi connectivity index (χ0) is 18.5. The van der Waals surface area contributed by atoms with E-state index < -0.39 is 0 Å². The zero-order valence-electron chi connectivity index (χ0n) is 14.0. The van der Waals surface area contributed by atoms with Crippen molar-refractivity contribution in [2.45, 2.75) is 31.0 Å². The number of halogens is 3. The molecule has 26 heavy (non-hydrogen) atoms. The second-order valence-corrected chi connectivity index (χ2v) is 7.52. The maximum atomic E-state index is 6.23. The first-order chi connectivity index (χ1) is 12.6. The maximum Gasteiger partial charge on any atom is 0.191 e. The van der Waals surface area contributed by atoms with Crippen molar-refractivity contribution in [3.8, 4) is 5.75 Å². The first-order valence-corrected chi connectivity index (χ1v) is 10.1. The highest BCUT2D eigenvalue weighted by Crippen LogP contribution is 2.31. The molecule has 0 bridgehead atoms. The Hall–Kier alpha value is -1.40. The molecular formula is C18H16Cl3N3OS. The summed E-state index contributed by atoms with van der Waals surface area (Å²) in [4.78, 5) is 0. The van der Waals surface area contributed by atoms with Gasteiger partial charge in [0.15, 0.2) is 11.0 Å². The molecule has 0 aliphatic carbocycles. The van der Waals surface area contributed by atoms with Crippen LogP contribution in [-0.4, -0.2) is 14.8 Å². The molecular weight excluding hydrogens is 413 g/mol. The van der Waals surface area contributed by atoms with Crippen LogP contribution < -0.4 is 4.74 Å². The van der Waals surface area contributed by atoms with Crippen LogP contribution in [0.25, 0.3) is 0 Å². The number of hydrogen-bond acceptors (Lipinski definition) is 4. The number of rotatable bonds is 7.